The van der Waals surface area contributed by atoms with Gasteiger partial charge in [0.25, 0.3) is 5.91 Å². The predicted molar refractivity (Wildman–Crippen MR) is 49.5 cm³/mol. The van der Waals surface area contributed by atoms with E-state index in [0.717, 1.165) is 0 Å². The van der Waals surface area contributed by atoms with Crippen LogP contribution in [0.25, 0.3) is 0 Å². The summed E-state index contributed by atoms with van der Waals surface area (Å²) in [7, 11) is 1.52. The summed E-state index contributed by atoms with van der Waals surface area (Å²) in [6, 6.07) is -0.936. The Morgan fingerprint density at radius 3 is 2.71 bits per heavy atom. The molecule has 0 aromatic heterocycles. The van der Waals surface area contributed by atoms with Gasteiger partial charge in [-0.1, -0.05) is 0 Å². The number of amides is 1. The molecule has 1 unspecified atom stereocenters. The number of rotatable bonds is 6. The van der Waals surface area contributed by atoms with Crippen molar-refractivity contribution in [3.8, 4) is 12.3 Å². The molecule has 0 spiro atoms. The maximum absolute atomic E-state index is 10.7. The van der Waals surface area contributed by atoms with E-state index in [1.807, 2.05) is 0 Å². The number of methoxy groups -OCH3 is 1. The zero-order chi connectivity index (χ0) is 11.0. The Hall–Kier alpha value is -1.54. The average molecular weight is 199 g/mol. The molecule has 0 aromatic rings. The van der Waals surface area contributed by atoms with Crippen LogP contribution in [0.3, 0.4) is 0 Å². The van der Waals surface area contributed by atoms with Crippen LogP contribution in [0.4, 0.5) is 0 Å². The summed E-state index contributed by atoms with van der Waals surface area (Å²) in [6.45, 7) is 0.454. The van der Waals surface area contributed by atoms with E-state index in [-0.39, 0.29) is 0 Å². The summed E-state index contributed by atoms with van der Waals surface area (Å²) in [5.41, 5.74) is 0. The van der Waals surface area contributed by atoms with Gasteiger partial charge in [0, 0.05) is 13.7 Å². The molecule has 0 bridgehead atoms. The first-order chi connectivity index (χ1) is 6.61. The number of hydrogen-bond acceptors (Lipinski definition) is 3. The molecule has 0 aromatic carbocycles. The Balaban J connectivity index is 3.98. The van der Waals surface area contributed by atoms with E-state index in [9.17, 15) is 9.59 Å². The van der Waals surface area contributed by atoms with Gasteiger partial charge in [-0.15, -0.1) is 6.42 Å². The van der Waals surface area contributed by atoms with Crippen molar-refractivity contribution in [2.45, 2.75) is 18.9 Å². The highest BCUT2D eigenvalue weighted by atomic mass is 16.5. The predicted octanol–water partition coefficient (Wildman–Crippen LogP) is -0.384. The van der Waals surface area contributed by atoms with Gasteiger partial charge >= 0.3 is 5.97 Å². The van der Waals surface area contributed by atoms with Crippen molar-refractivity contribution in [3.63, 3.8) is 0 Å². The number of carboxylic acids is 1. The highest BCUT2D eigenvalue weighted by molar-refractivity contribution is 5.95. The zero-order valence-electron chi connectivity index (χ0n) is 7.95. The lowest BCUT2D eigenvalue weighted by molar-refractivity contribution is -0.141. The fourth-order valence-corrected chi connectivity index (χ4v) is 0.889. The van der Waals surface area contributed by atoms with Gasteiger partial charge in [-0.3, -0.25) is 4.79 Å². The maximum atomic E-state index is 10.7. The van der Waals surface area contributed by atoms with Crippen LogP contribution < -0.4 is 5.32 Å². The minimum atomic E-state index is -1.09. The molecule has 14 heavy (non-hydrogen) atoms. The lowest BCUT2D eigenvalue weighted by Crippen LogP contribution is -2.40. The lowest BCUT2D eigenvalue weighted by Gasteiger charge is -2.11. The molecule has 0 saturated heterocycles. The fourth-order valence-electron chi connectivity index (χ4n) is 0.889. The van der Waals surface area contributed by atoms with Crippen molar-refractivity contribution in [1.29, 1.82) is 0 Å². The van der Waals surface area contributed by atoms with Crippen LogP contribution in [0.2, 0.25) is 0 Å². The molecule has 5 nitrogen and oxygen atoms in total. The molecule has 0 rings (SSSR count). The SMILES string of the molecule is C#CC(=O)NC(CCCOC)C(=O)O. The van der Waals surface area contributed by atoms with Gasteiger partial charge in [-0.25, -0.2) is 4.79 Å². The normalized spacial score (nSPS) is 11.4. The second-order valence-corrected chi connectivity index (χ2v) is 2.64. The zero-order valence-corrected chi connectivity index (χ0v) is 7.95. The minimum Gasteiger partial charge on any atom is -0.480 e. The maximum Gasteiger partial charge on any atom is 0.326 e. The minimum absolute atomic E-state index is 0.302. The summed E-state index contributed by atoms with van der Waals surface area (Å²) < 4.78 is 4.76. The molecule has 2 N–H and O–H groups in total. The second-order valence-electron chi connectivity index (χ2n) is 2.64. The van der Waals surface area contributed by atoms with Crippen molar-refractivity contribution in [2.24, 2.45) is 0 Å². The van der Waals surface area contributed by atoms with Crippen molar-refractivity contribution in [2.75, 3.05) is 13.7 Å². The van der Waals surface area contributed by atoms with E-state index >= 15 is 0 Å². The van der Waals surface area contributed by atoms with Gasteiger partial charge in [0.05, 0.1) is 0 Å². The van der Waals surface area contributed by atoms with Gasteiger partial charge in [-0.05, 0) is 18.8 Å². The fraction of sp³-hybridized carbons (Fsp3) is 0.556. The first-order valence-electron chi connectivity index (χ1n) is 4.10. The molecule has 0 aliphatic heterocycles. The molecule has 0 fully saturated rings. The van der Waals surface area contributed by atoms with Crippen LogP contribution in [0.5, 0.6) is 0 Å². The van der Waals surface area contributed by atoms with Gasteiger partial charge in [0.2, 0.25) is 0 Å². The molecule has 78 valence electrons. The summed E-state index contributed by atoms with van der Waals surface area (Å²) in [4.78, 5) is 21.3. The van der Waals surface area contributed by atoms with Crippen LogP contribution in [0.15, 0.2) is 0 Å². The molecule has 1 amide bonds. The topological polar surface area (TPSA) is 75.6 Å². The van der Waals surface area contributed by atoms with Gasteiger partial charge in [0.15, 0.2) is 0 Å². The quantitative estimate of drug-likeness (QED) is 0.451. The summed E-state index contributed by atoms with van der Waals surface area (Å²) in [6.07, 6.45) is 5.65. The standard InChI is InChI=1S/C9H13NO4/c1-3-8(11)10-7(9(12)13)5-4-6-14-2/h1,7H,4-6H2,2H3,(H,10,11)(H,12,13). The summed E-state index contributed by atoms with van der Waals surface area (Å²) >= 11 is 0. The molecule has 5 heteroatoms. The monoisotopic (exact) mass is 199 g/mol. The highest BCUT2D eigenvalue weighted by Crippen LogP contribution is 1.97. The molecule has 0 heterocycles. The van der Waals surface area contributed by atoms with E-state index in [1.165, 1.54) is 7.11 Å². The first kappa shape index (κ1) is 12.5. The number of carbonyl (C=O) groups excluding carboxylic acids is 1. The van der Waals surface area contributed by atoms with E-state index in [0.29, 0.717) is 19.4 Å². The van der Waals surface area contributed by atoms with Crippen LogP contribution in [-0.4, -0.2) is 36.7 Å². The van der Waals surface area contributed by atoms with Crippen LogP contribution in [0, 0.1) is 12.3 Å². The summed E-state index contributed by atoms with van der Waals surface area (Å²) in [5.74, 6) is -0.00991. The van der Waals surface area contributed by atoms with Crippen LogP contribution in [-0.2, 0) is 14.3 Å². The van der Waals surface area contributed by atoms with Gasteiger partial charge in [0.1, 0.15) is 6.04 Å². The van der Waals surface area contributed by atoms with Gasteiger partial charge < -0.3 is 15.2 Å². The number of nitrogens with one attached hydrogen (secondary N) is 1. The number of aliphatic carboxylic acids is 1. The van der Waals surface area contributed by atoms with Crippen molar-refractivity contribution < 1.29 is 19.4 Å². The van der Waals surface area contributed by atoms with Gasteiger partial charge in [-0.2, -0.15) is 0 Å². The Labute approximate surface area is 82.4 Å². The smallest absolute Gasteiger partial charge is 0.326 e. The number of carbonyl (C=O) groups is 2. The lowest BCUT2D eigenvalue weighted by atomic mass is 10.1. The Kier molecular flexibility index (Phi) is 6.16. The first-order valence-corrected chi connectivity index (χ1v) is 4.10. The Morgan fingerprint density at radius 2 is 2.29 bits per heavy atom. The van der Waals surface area contributed by atoms with Crippen LogP contribution >= 0.6 is 0 Å². The number of terminal acetylenes is 1. The van der Waals surface area contributed by atoms with E-state index in [1.54, 1.807) is 5.92 Å². The van der Waals surface area contributed by atoms with Crippen molar-refractivity contribution >= 4 is 11.9 Å². The second kappa shape index (κ2) is 6.92. The number of hydrogen-bond donors (Lipinski definition) is 2. The molecule has 1 atom stereocenters. The third-order valence-corrected chi connectivity index (χ3v) is 1.58. The Bertz CT molecular complexity index is 244. The van der Waals surface area contributed by atoms with E-state index in [2.05, 4.69) is 5.32 Å². The number of carboxylic acid groups (broad SMARTS) is 1. The number of ether oxygens (including phenoxy) is 1. The molecule has 0 radical (unpaired) electrons. The van der Waals surface area contributed by atoms with E-state index < -0.39 is 17.9 Å². The molecular weight excluding hydrogens is 186 g/mol. The van der Waals surface area contributed by atoms with Crippen LogP contribution in [0.1, 0.15) is 12.8 Å². The molecule has 0 aliphatic carbocycles. The van der Waals surface area contributed by atoms with Crippen molar-refractivity contribution in [3.05, 3.63) is 0 Å². The third kappa shape index (κ3) is 5.17. The highest BCUT2D eigenvalue weighted by Gasteiger charge is 2.18. The average Bonchev–Trinajstić information content (AvgIpc) is 2.16. The third-order valence-electron chi connectivity index (χ3n) is 1.58. The van der Waals surface area contributed by atoms with Crippen molar-refractivity contribution in [1.82, 2.24) is 5.32 Å². The van der Waals surface area contributed by atoms with E-state index in [4.69, 9.17) is 16.3 Å². The molecule has 0 aliphatic rings. The Morgan fingerprint density at radius 1 is 1.64 bits per heavy atom. The molecule has 0 saturated carbocycles. The largest absolute Gasteiger partial charge is 0.480 e. The summed E-state index contributed by atoms with van der Waals surface area (Å²) in [5, 5.41) is 10.9. The molecular formula is C9H13NO4.